The van der Waals surface area contributed by atoms with Crippen LogP contribution in [0.1, 0.15) is 30.6 Å². The number of carbonyl (C=O) groups excluding carboxylic acids is 1. The lowest BCUT2D eigenvalue weighted by Crippen LogP contribution is -2.19. The van der Waals surface area contributed by atoms with E-state index < -0.39 is 10.8 Å². The van der Waals surface area contributed by atoms with Crippen LogP contribution in [0.2, 0.25) is 10.0 Å². The van der Waals surface area contributed by atoms with E-state index in [-0.39, 0.29) is 16.8 Å². The maximum Gasteiger partial charge on any atom is 0.176 e. The topological polar surface area (TPSA) is 34.1 Å². The lowest BCUT2D eigenvalue weighted by Gasteiger charge is -2.08. The molecule has 0 bridgehead atoms. The van der Waals surface area contributed by atoms with Gasteiger partial charge in [0.15, 0.2) is 5.78 Å². The highest BCUT2D eigenvalue weighted by Crippen LogP contribution is 2.21. The molecule has 1 rings (SSSR count). The Morgan fingerprint density at radius 3 is 2.59 bits per heavy atom. The molecule has 0 saturated heterocycles. The zero-order chi connectivity index (χ0) is 13.0. The number of halogens is 2. The average molecular weight is 293 g/mol. The van der Waals surface area contributed by atoms with Crippen LogP contribution in [-0.4, -0.2) is 21.0 Å². The van der Waals surface area contributed by atoms with Crippen LogP contribution in [0.5, 0.6) is 0 Å². The Bertz CT molecular complexity index is 446. The first kappa shape index (κ1) is 14.7. The molecule has 1 aromatic carbocycles. The number of carbonyl (C=O) groups is 1. The van der Waals surface area contributed by atoms with Gasteiger partial charge in [-0.05, 0) is 24.6 Å². The third kappa shape index (κ3) is 4.09. The molecule has 0 heterocycles. The van der Waals surface area contributed by atoms with Crippen molar-refractivity contribution in [3.63, 3.8) is 0 Å². The molecule has 0 radical (unpaired) electrons. The summed E-state index contributed by atoms with van der Waals surface area (Å²) in [6.07, 6.45) is 0.786. The van der Waals surface area contributed by atoms with Gasteiger partial charge in [0.1, 0.15) is 0 Å². The fourth-order valence-electron chi connectivity index (χ4n) is 1.25. The molecule has 94 valence electrons. The van der Waals surface area contributed by atoms with Crippen LogP contribution in [0.4, 0.5) is 0 Å². The first-order chi connectivity index (χ1) is 7.95. The maximum absolute atomic E-state index is 11.9. The van der Waals surface area contributed by atoms with E-state index in [4.69, 9.17) is 23.2 Å². The van der Waals surface area contributed by atoms with Gasteiger partial charge in [-0.15, -0.1) is 0 Å². The smallest absolute Gasteiger partial charge is 0.176 e. The van der Waals surface area contributed by atoms with Crippen molar-refractivity contribution in [1.29, 1.82) is 0 Å². The van der Waals surface area contributed by atoms with Crippen LogP contribution >= 0.6 is 23.2 Å². The molecule has 0 spiro atoms. The van der Waals surface area contributed by atoms with Gasteiger partial charge in [0, 0.05) is 26.6 Å². The van der Waals surface area contributed by atoms with E-state index in [9.17, 15) is 9.00 Å². The minimum Gasteiger partial charge on any atom is -0.293 e. The van der Waals surface area contributed by atoms with Crippen LogP contribution in [0.25, 0.3) is 0 Å². The Hall–Kier alpha value is -0.380. The molecule has 2 atom stereocenters. The minimum absolute atomic E-state index is 0.0103. The van der Waals surface area contributed by atoms with E-state index in [1.54, 1.807) is 12.1 Å². The Morgan fingerprint density at radius 1 is 1.41 bits per heavy atom. The summed E-state index contributed by atoms with van der Waals surface area (Å²) >= 11 is 11.7. The molecule has 0 N–H and O–H groups in total. The summed E-state index contributed by atoms with van der Waals surface area (Å²) in [5, 5.41) is 0.809. The van der Waals surface area contributed by atoms with Crippen LogP contribution in [0.15, 0.2) is 18.2 Å². The standard InChI is InChI=1S/C12H14Cl2O2S/c1-3-8(2)17(16)7-12(15)10-5-4-9(13)6-11(10)14/h4-6,8H,3,7H2,1-2H3. The Balaban J connectivity index is 2.80. The number of Topliss-reactive ketones (excluding diaryl/α,β-unsaturated/α-hetero) is 1. The quantitative estimate of drug-likeness (QED) is 0.775. The predicted molar refractivity (Wildman–Crippen MR) is 73.6 cm³/mol. The second kappa shape index (κ2) is 6.53. The van der Waals surface area contributed by atoms with Crippen molar-refractivity contribution in [2.24, 2.45) is 0 Å². The van der Waals surface area contributed by atoms with Crippen molar-refractivity contribution in [3.05, 3.63) is 33.8 Å². The van der Waals surface area contributed by atoms with Crippen LogP contribution in [0.3, 0.4) is 0 Å². The minimum atomic E-state index is -1.15. The van der Waals surface area contributed by atoms with Crippen molar-refractivity contribution < 1.29 is 9.00 Å². The molecule has 0 amide bonds. The van der Waals surface area contributed by atoms with Crippen molar-refractivity contribution in [2.45, 2.75) is 25.5 Å². The van der Waals surface area contributed by atoms with E-state index in [0.29, 0.717) is 15.6 Å². The molecule has 0 aliphatic carbocycles. The van der Waals surface area contributed by atoms with Crippen molar-refractivity contribution in [2.75, 3.05) is 5.75 Å². The van der Waals surface area contributed by atoms with E-state index in [1.807, 2.05) is 13.8 Å². The Labute approximate surface area is 114 Å². The summed E-state index contributed by atoms with van der Waals surface area (Å²) < 4.78 is 11.8. The molecule has 1 aromatic rings. The Morgan fingerprint density at radius 2 is 2.06 bits per heavy atom. The lowest BCUT2D eigenvalue weighted by atomic mass is 10.1. The highest BCUT2D eigenvalue weighted by Gasteiger charge is 2.17. The van der Waals surface area contributed by atoms with Crippen molar-refractivity contribution >= 4 is 39.8 Å². The Kier molecular flexibility index (Phi) is 5.63. The molecule has 0 aliphatic heterocycles. The fraction of sp³-hybridized carbons (Fsp3) is 0.417. The van der Waals surface area contributed by atoms with Crippen molar-refractivity contribution in [3.8, 4) is 0 Å². The molecule has 17 heavy (non-hydrogen) atoms. The van der Waals surface area contributed by atoms with Gasteiger partial charge in [-0.2, -0.15) is 0 Å². The van der Waals surface area contributed by atoms with Gasteiger partial charge >= 0.3 is 0 Å². The monoisotopic (exact) mass is 292 g/mol. The van der Waals surface area contributed by atoms with Gasteiger partial charge in [0.25, 0.3) is 0 Å². The predicted octanol–water partition coefficient (Wildman–Crippen LogP) is 3.72. The molecular formula is C12H14Cl2O2S. The molecule has 2 nitrogen and oxygen atoms in total. The molecule has 0 aliphatic rings. The van der Waals surface area contributed by atoms with Gasteiger partial charge in [-0.1, -0.05) is 37.0 Å². The van der Waals surface area contributed by atoms with Crippen LogP contribution < -0.4 is 0 Å². The third-order valence-corrected chi connectivity index (χ3v) is 4.85. The van der Waals surface area contributed by atoms with Crippen LogP contribution in [-0.2, 0) is 10.8 Å². The normalized spacial score (nSPS) is 14.4. The van der Waals surface area contributed by atoms with E-state index in [1.165, 1.54) is 6.07 Å². The van der Waals surface area contributed by atoms with E-state index in [0.717, 1.165) is 6.42 Å². The average Bonchev–Trinajstić information content (AvgIpc) is 2.27. The maximum atomic E-state index is 11.9. The molecule has 0 fully saturated rings. The number of hydrogen-bond acceptors (Lipinski definition) is 2. The summed E-state index contributed by atoms with van der Waals surface area (Å²) in [7, 11) is -1.15. The largest absolute Gasteiger partial charge is 0.293 e. The third-order valence-electron chi connectivity index (χ3n) is 2.53. The molecule has 0 saturated carbocycles. The van der Waals surface area contributed by atoms with Gasteiger partial charge < -0.3 is 0 Å². The molecule has 5 heteroatoms. The first-order valence-electron chi connectivity index (χ1n) is 5.31. The first-order valence-corrected chi connectivity index (χ1v) is 7.45. The summed E-state index contributed by atoms with van der Waals surface area (Å²) in [5.41, 5.74) is 0.382. The second-order valence-electron chi connectivity index (χ2n) is 3.79. The summed E-state index contributed by atoms with van der Waals surface area (Å²) in [5.74, 6) is -0.193. The van der Waals surface area contributed by atoms with Crippen LogP contribution in [0, 0.1) is 0 Å². The zero-order valence-corrected chi connectivity index (χ0v) is 12.0. The number of ketones is 1. The SMILES string of the molecule is CCC(C)S(=O)CC(=O)c1ccc(Cl)cc1Cl. The number of hydrogen-bond donors (Lipinski definition) is 0. The van der Waals surface area contributed by atoms with Gasteiger partial charge in [0.05, 0.1) is 10.8 Å². The van der Waals surface area contributed by atoms with E-state index >= 15 is 0 Å². The molecular weight excluding hydrogens is 279 g/mol. The summed E-state index contributed by atoms with van der Waals surface area (Å²) in [4.78, 5) is 11.9. The van der Waals surface area contributed by atoms with Gasteiger partial charge in [0.2, 0.25) is 0 Å². The van der Waals surface area contributed by atoms with Gasteiger partial charge in [-0.25, -0.2) is 0 Å². The highest BCUT2D eigenvalue weighted by atomic mass is 35.5. The lowest BCUT2D eigenvalue weighted by molar-refractivity contribution is 0.102. The number of rotatable bonds is 5. The summed E-state index contributed by atoms with van der Waals surface area (Å²) in [6.45, 7) is 3.81. The summed E-state index contributed by atoms with van der Waals surface area (Å²) in [6, 6.07) is 4.69. The zero-order valence-electron chi connectivity index (χ0n) is 9.70. The second-order valence-corrected chi connectivity index (χ2v) is 6.49. The fourth-order valence-corrected chi connectivity index (χ4v) is 2.83. The van der Waals surface area contributed by atoms with E-state index in [2.05, 4.69) is 0 Å². The molecule has 2 unspecified atom stereocenters. The molecule has 0 aromatic heterocycles. The highest BCUT2D eigenvalue weighted by molar-refractivity contribution is 7.86. The van der Waals surface area contributed by atoms with Gasteiger partial charge in [-0.3, -0.25) is 9.00 Å². The number of benzene rings is 1. The van der Waals surface area contributed by atoms with Crippen molar-refractivity contribution in [1.82, 2.24) is 0 Å².